The van der Waals surface area contributed by atoms with E-state index in [1.165, 1.54) is 0 Å². The van der Waals surface area contributed by atoms with E-state index in [2.05, 4.69) is 31.7 Å². The first-order valence-electron chi connectivity index (χ1n) is 10.2. The van der Waals surface area contributed by atoms with Crippen molar-refractivity contribution in [3.63, 3.8) is 0 Å². The number of nitriles is 1. The fourth-order valence-electron chi connectivity index (χ4n) is 4.29. The van der Waals surface area contributed by atoms with Gasteiger partial charge >= 0.3 is 0 Å². The van der Waals surface area contributed by atoms with Gasteiger partial charge in [0.2, 0.25) is 5.91 Å². The van der Waals surface area contributed by atoms with Gasteiger partial charge in [0.15, 0.2) is 0 Å². The van der Waals surface area contributed by atoms with E-state index in [4.69, 9.17) is 16.3 Å². The Hall–Kier alpha value is -1.77. The summed E-state index contributed by atoms with van der Waals surface area (Å²) in [4.78, 5) is 17.4. The Kier molecular flexibility index (Phi) is 6.52. The Balaban J connectivity index is 1.59. The molecule has 0 radical (unpaired) electrons. The van der Waals surface area contributed by atoms with Crippen molar-refractivity contribution in [2.45, 2.75) is 58.7 Å². The Morgan fingerprint density at radius 3 is 2.46 bits per heavy atom. The molecule has 0 N–H and O–H groups in total. The van der Waals surface area contributed by atoms with Crippen LogP contribution in [-0.2, 0) is 9.53 Å². The number of carbonyl (C=O) groups excluding carboxylic acids is 1. The first kappa shape index (κ1) is 21.0. The predicted octanol–water partition coefficient (Wildman–Crippen LogP) is 4.23. The average molecular weight is 404 g/mol. The summed E-state index contributed by atoms with van der Waals surface area (Å²) in [7, 11) is 0. The molecule has 3 rings (SSSR count). The Morgan fingerprint density at radius 1 is 1.25 bits per heavy atom. The lowest BCUT2D eigenvalue weighted by atomic mass is 9.78. The maximum atomic E-state index is 13.2. The number of nitrogens with zero attached hydrogens (tertiary/aromatic N) is 3. The molecule has 6 heteroatoms. The lowest BCUT2D eigenvalue weighted by Gasteiger charge is -2.43. The van der Waals surface area contributed by atoms with Gasteiger partial charge in [-0.05, 0) is 57.7 Å². The molecule has 152 valence electrons. The van der Waals surface area contributed by atoms with Gasteiger partial charge in [-0.25, -0.2) is 0 Å². The number of halogens is 1. The zero-order valence-electron chi connectivity index (χ0n) is 17.1. The van der Waals surface area contributed by atoms with Crippen LogP contribution in [0.4, 0.5) is 5.69 Å². The van der Waals surface area contributed by atoms with E-state index in [1.807, 2.05) is 17.0 Å². The molecule has 0 bridgehead atoms. The molecule has 0 aromatic heterocycles. The van der Waals surface area contributed by atoms with Gasteiger partial charge < -0.3 is 14.5 Å². The lowest BCUT2D eigenvalue weighted by Crippen LogP contribution is -2.51. The highest BCUT2D eigenvalue weighted by Crippen LogP contribution is 2.37. The molecule has 1 aromatic carbocycles. The van der Waals surface area contributed by atoms with Crippen molar-refractivity contribution >= 4 is 23.2 Å². The zero-order chi connectivity index (χ0) is 20.3. The number of likely N-dealkylation sites (tertiary alicyclic amines) is 1. The second-order valence-corrected chi connectivity index (χ2v) is 8.93. The SMILES string of the molecule is CC(C)OC1CCN(C(=O)C2(C)CCN(c3ccc(Cl)cc3C#N)CC2)CC1. The molecular weight excluding hydrogens is 374 g/mol. The van der Waals surface area contributed by atoms with Crippen LogP contribution in [0.2, 0.25) is 5.02 Å². The maximum Gasteiger partial charge on any atom is 0.228 e. The monoisotopic (exact) mass is 403 g/mol. The molecule has 5 nitrogen and oxygen atoms in total. The summed E-state index contributed by atoms with van der Waals surface area (Å²) in [5.41, 5.74) is 1.17. The molecule has 1 amide bonds. The van der Waals surface area contributed by atoms with E-state index in [-0.39, 0.29) is 23.5 Å². The summed E-state index contributed by atoms with van der Waals surface area (Å²) in [6, 6.07) is 7.67. The molecule has 0 atom stereocenters. The van der Waals surface area contributed by atoms with Gasteiger partial charge in [-0.15, -0.1) is 0 Å². The van der Waals surface area contributed by atoms with Crippen molar-refractivity contribution in [2.24, 2.45) is 5.41 Å². The molecular formula is C22H30ClN3O2. The van der Waals surface area contributed by atoms with Crippen molar-refractivity contribution in [3.05, 3.63) is 28.8 Å². The van der Waals surface area contributed by atoms with Gasteiger partial charge in [0.1, 0.15) is 6.07 Å². The van der Waals surface area contributed by atoms with Gasteiger partial charge in [0, 0.05) is 36.6 Å². The minimum atomic E-state index is -0.332. The van der Waals surface area contributed by atoms with Crippen molar-refractivity contribution < 1.29 is 9.53 Å². The summed E-state index contributed by atoms with van der Waals surface area (Å²) < 4.78 is 5.90. The third kappa shape index (κ3) is 4.61. The van der Waals surface area contributed by atoms with Crippen LogP contribution in [0.3, 0.4) is 0 Å². The van der Waals surface area contributed by atoms with Crippen LogP contribution >= 0.6 is 11.6 Å². The van der Waals surface area contributed by atoms with Gasteiger partial charge in [-0.3, -0.25) is 4.79 Å². The van der Waals surface area contributed by atoms with Gasteiger partial charge in [-0.1, -0.05) is 18.5 Å². The first-order chi connectivity index (χ1) is 13.3. The summed E-state index contributed by atoms with van der Waals surface area (Å²) in [6.45, 7) is 9.32. The number of ether oxygens (including phenoxy) is 1. The Bertz CT molecular complexity index is 743. The molecule has 1 aromatic rings. The van der Waals surface area contributed by atoms with Crippen molar-refractivity contribution in [1.29, 1.82) is 5.26 Å². The zero-order valence-corrected chi connectivity index (χ0v) is 17.8. The smallest absolute Gasteiger partial charge is 0.228 e. The van der Waals surface area contributed by atoms with E-state index in [0.717, 1.165) is 57.5 Å². The van der Waals surface area contributed by atoms with Crippen molar-refractivity contribution in [3.8, 4) is 6.07 Å². The van der Waals surface area contributed by atoms with Crippen LogP contribution in [0.15, 0.2) is 18.2 Å². The van der Waals surface area contributed by atoms with Crippen molar-refractivity contribution in [1.82, 2.24) is 4.90 Å². The third-order valence-corrected chi connectivity index (χ3v) is 6.23. The summed E-state index contributed by atoms with van der Waals surface area (Å²) in [5, 5.41) is 9.98. The molecule has 2 heterocycles. The van der Waals surface area contributed by atoms with E-state index >= 15 is 0 Å². The number of carbonyl (C=O) groups is 1. The second kappa shape index (κ2) is 8.71. The molecule has 2 aliphatic heterocycles. The number of anilines is 1. The molecule has 2 fully saturated rings. The van der Waals surface area contributed by atoms with Crippen LogP contribution in [0, 0.1) is 16.7 Å². The minimum absolute atomic E-state index is 0.236. The predicted molar refractivity (Wildman–Crippen MR) is 112 cm³/mol. The number of piperidine rings is 2. The highest BCUT2D eigenvalue weighted by molar-refractivity contribution is 6.30. The quantitative estimate of drug-likeness (QED) is 0.754. The van der Waals surface area contributed by atoms with Crippen LogP contribution in [0.25, 0.3) is 0 Å². The van der Waals surface area contributed by atoms with Gasteiger partial charge in [0.05, 0.1) is 23.5 Å². The fraction of sp³-hybridized carbons (Fsp3) is 0.636. The van der Waals surface area contributed by atoms with E-state index < -0.39 is 0 Å². The summed E-state index contributed by atoms with van der Waals surface area (Å²) in [6.07, 6.45) is 3.93. The normalized spacial score (nSPS) is 20.3. The summed E-state index contributed by atoms with van der Waals surface area (Å²) in [5.74, 6) is 0.270. The molecule has 0 spiro atoms. The number of benzene rings is 1. The number of rotatable bonds is 4. The topological polar surface area (TPSA) is 56.6 Å². The largest absolute Gasteiger partial charge is 0.375 e. The van der Waals surface area contributed by atoms with Gasteiger partial charge in [-0.2, -0.15) is 5.26 Å². The number of amides is 1. The van der Waals surface area contributed by atoms with Gasteiger partial charge in [0.25, 0.3) is 0 Å². The Labute approximate surface area is 173 Å². The lowest BCUT2D eigenvalue weighted by molar-refractivity contribution is -0.145. The van der Waals surface area contributed by atoms with Crippen LogP contribution in [-0.4, -0.2) is 49.2 Å². The minimum Gasteiger partial charge on any atom is -0.375 e. The average Bonchev–Trinajstić information content (AvgIpc) is 2.68. The number of hydrogen-bond donors (Lipinski definition) is 0. The molecule has 0 unspecified atom stereocenters. The fourth-order valence-corrected chi connectivity index (χ4v) is 4.46. The number of hydrogen-bond acceptors (Lipinski definition) is 4. The van der Waals surface area contributed by atoms with Crippen molar-refractivity contribution in [2.75, 3.05) is 31.1 Å². The molecule has 0 saturated carbocycles. The van der Waals surface area contributed by atoms with Crippen LogP contribution < -0.4 is 4.90 Å². The summed E-state index contributed by atoms with van der Waals surface area (Å²) >= 11 is 6.02. The second-order valence-electron chi connectivity index (χ2n) is 8.50. The highest BCUT2D eigenvalue weighted by Gasteiger charge is 2.40. The first-order valence-corrected chi connectivity index (χ1v) is 10.6. The molecule has 28 heavy (non-hydrogen) atoms. The molecule has 2 aliphatic rings. The molecule has 2 saturated heterocycles. The van der Waals surface area contributed by atoms with Crippen LogP contribution in [0.1, 0.15) is 52.0 Å². The molecule has 0 aliphatic carbocycles. The standard InChI is InChI=1S/C22H30ClN3O2/c1-16(2)28-19-6-10-26(11-7-19)21(27)22(3)8-12-25(13-9-22)20-5-4-18(23)14-17(20)15-24/h4-5,14,16,19H,6-13H2,1-3H3. The van der Waals surface area contributed by atoms with E-state index in [9.17, 15) is 10.1 Å². The van der Waals surface area contributed by atoms with E-state index in [1.54, 1.807) is 6.07 Å². The maximum absolute atomic E-state index is 13.2. The Morgan fingerprint density at radius 2 is 1.89 bits per heavy atom. The van der Waals surface area contributed by atoms with E-state index in [0.29, 0.717) is 10.6 Å². The van der Waals surface area contributed by atoms with Crippen LogP contribution in [0.5, 0.6) is 0 Å². The third-order valence-electron chi connectivity index (χ3n) is 6.00. The highest BCUT2D eigenvalue weighted by atomic mass is 35.5.